The van der Waals surface area contributed by atoms with Crippen LogP contribution in [-0.4, -0.2) is 75.1 Å². The van der Waals surface area contributed by atoms with Gasteiger partial charge in [-0.2, -0.15) is 0 Å². The molecule has 8 nitrogen and oxygen atoms in total. The highest BCUT2D eigenvalue weighted by Gasteiger charge is 2.46. The number of nitrogens with zero attached hydrogens (tertiary/aromatic N) is 2. The summed E-state index contributed by atoms with van der Waals surface area (Å²) in [5, 5.41) is 11.4. The Hall–Kier alpha value is -3.23. The molecule has 1 fully saturated rings. The van der Waals surface area contributed by atoms with E-state index in [1.165, 1.54) is 32.3 Å². The lowest BCUT2D eigenvalue weighted by atomic mass is 9.95. The minimum Gasteiger partial charge on any atom is -0.507 e. The van der Waals surface area contributed by atoms with Gasteiger partial charge in [-0.3, -0.25) is 9.59 Å². The van der Waals surface area contributed by atoms with E-state index < -0.39 is 17.7 Å². The predicted molar refractivity (Wildman–Crippen MR) is 125 cm³/mol. The summed E-state index contributed by atoms with van der Waals surface area (Å²) in [5.41, 5.74) is 0.885. The highest BCUT2D eigenvalue weighted by atomic mass is 35.5. The summed E-state index contributed by atoms with van der Waals surface area (Å²) in [6.07, 6.45) is 0. The number of methoxy groups -OCH3 is 3. The van der Waals surface area contributed by atoms with Gasteiger partial charge in [-0.1, -0.05) is 17.7 Å². The van der Waals surface area contributed by atoms with Crippen LogP contribution in [0, 0.1) is 0 Å². The Morgan fingerprint density at radius 2 is 1.64 bits per heavy atom. The number of ether oxygens (including phenoxy) is 3. The van der Waals surface area contributed by atoms with Crippen molar-refractivity contribution in [2.75, 3.05) is 48.5 Å². The molecule has 2 aromatic rings. The summed E-state index contributed by atoms with van der Waals surface area (Å²) >= 11 is 6.23. The molecule has 0 radical (unpaired) electrons. The van der Waals surface area contributed by atoms with Crippen molar-refractivity contribution in [1.82, 2.24) is 9.80 Å². The van der Waals surface area contributed by atoms with Gasteiger partial charge in [0.1, 0.15) is 11.5 Å². The third-order valence-corrected chi connectivity index (χ3v) is 5.77. The maximum atomic E-state index is 13.1. The van der Waals surface area contributed by atoms with Gasteiger partial charge in [-0.25, -0.2) is 0 Å². The number of rotatable bonds is 8. The van der Waals surface area contributed by atoms with Crippen molar-refractivity contribution >= 4 is 29.1 Å². The molecule has 1 atom stereocenters. The molecule has 2 aromatic carbocycles. The van der Waals surface area contributed by atoms with E-state index in [0.29, 0.717) is 34.9 Å². The topological polar surface area (TPSA) is 88.5 Å². The van der Waals surface area contributed by atoms with Gasteiger partial charge in [0.2, 0.25) is 0 Å². The summed E-state index contributed by atoms with van der Waals surface area (Å²) in [6, 6.07) is 9.00. The molecule has 0 saturated carbocycles. The van der Waals surface area contributed by atoms with Crippen LogP contribution in [0.15, 0.2) is 42.0 Å². The Kier molecular flexibility index (Phi) is 7.50. The number of Topliss-reactive ketones (excluding diaryl/α,β-unsaturated/α-hetero) is 1. The molecule has 33 heavy (non-hydrogen) atoms. The van der Waals surface area contributed by atoms with Gasteiger partial charge in [-0.05, 0) is 50.0 Å². The number of carbonyl (C=O) groups is 2. The molecule has 1 saturated heterocycles. The standard InChI is InChI=1S/C24H27ClN2O6/c1-26(2)10-11-27-21(14-6-9-18(32-4)19(13-14)33-5)20(23(29)24(27)30)22(28)15-7-8-17(31-3)16(25)12-15/h6-9,12-13,21,28H,10-11H2,1-5H3/b22-20+/t21-/m1/s1. The number of aliphatic hydroxyl groups excluding tert-OH is 1. The minimum atomic E-state index is -0.814. The Morgan fingerprint density at radius 1 is 1.00 bits per heavy atom. The maximum Gasteiger partial charge on any atom is 0.295 e. The van der Waals surface area contributed by atoms with E-state index in [1.807, 2.05) is 19.0 Å². The first kappa shape index (κ1) is 24.4. The third kappa shape index (κ3) is 4.77. The number of hydrogen-bond acceptors (Lipinski definition) is 7. The van der Waals surface area contributed by atoms with Crippen LogP contribution in [0.5, 0.6) is 17.2 Å². The van der Waals surface area contributed by atoms with Gasteiger partial charge in [-0.15, -0.1) is 0 Å². The van der Waals surface area contributed by atoms with Gasteiger partial charge in [0.15, 0.2) is 11.5 Å². The molecule has 1 heterocycles. The molecule has 0 spiro atoms. The normalized spacial score (nSPS) is 17.5. The van der Waals surface area contributed by atoms with Gasteiger partial charge in [0, 0.05) is 18.7 Å². The molecular formula is C24H27ClN2O6. The highest BCUT2D eigenvalue weighted by Crippen LogP contribution is 2.42. The van der Waals surface area contributed by atoms with Crippen molar-refractivity contribution in [3.05, 3.63) is 58.1 Å². The molecule has 176 valence electrons. The van der Waals surface area contributed by atoms with Gasteiger partial charge in [0.25, 0.3) is 11.7 Å². The number of benzene rings is 2. The monoisotopic (exact) mass is 474 g/mol. The number of ketones is 1. The van der Waals surface area contributed by atoms with Crippen LogP contribution in [0.1, 0.15) is 17.2 Å². The lowest BCUT2D eigenvalue weighted by molar-refractivity contribution is -0.140. The molecule has 1 N–H and O–H groups in total. The lowest BCUT2D eigenvalue weighted by Gasteiger charge is -2.27. The van der Waals surface area contributed by atoms with Crippen LogP contribution >= 0.6 is 11.6 Å². The molecule has 3 rings (SSSR count). The van der Waals surface area contributed by atoms with Crippen LogP contribution in [0.2, 0.25) is 5.02 Å². The second-order valence-corrected chi connectivity index (χ2v) is 8.17. The van der Waals surface area contributed by atoms with Crippen molar-refractivity contribution in [2.45, 2.75) is 6.04 Å². The van der Waals surface area contributed by atoms with E-state index in [9.17, 15) is 14.7 Å². The van der Waals surface area contributed by atoms with Crippen molar-refractivity contribution in [3.8, 4) is 17.2 Å². The third-order valence-electron chi connectivity index (χ3n) is 5.48. The fraction of sp³-hybridized carbons (Fsp3) is 0.333. The number of aliphatic hydroxyl groups is 1. The number of hydrogen-bond donors (Lipinski definition) is 1. The second kappa shape index (κ2) is 10.1. The Morgan fingerprint density at radius 3 is 2.21 bits per heavy atom. The van der Waals surface area contributed by atoms with Crippen LogP contribution in [0.25, 0.3) is 5.76 Å². The molecule has 0 bridgehead atoms. The average Bonchev–Trinajstić information content (AvgIpc) is 3.06. The first-order chi connectivity index (χ1) is 15.7. The maximum absolute atomic E-state index is 13.1. The first-order valence-corrected chi connectivity index (χ1v) is 10.6. The van der Waals surface area contributed by atoms with E-state index in [-0.39, 0.29) is 22.9 Å². The van der Waals surface area contributed by atoms with E-state index in [4.69, 9.17) is 25.8 Å². The molecule has 9 heteroatoms. The fourth-order valence-electron chi connectivity index (χ4n) is 3.76. The largest absolute Gasteiger partial charge is 0.507 e. The fourth-order valence-corrected chi connectivity index (χ4v) is 4.01. The van der Waals surface area contributed by atoms with E-state index >= 15 is 0 Å². The summed E-state index contributed by atoms with van der Waals surface area (Å²) in [4.78, 5) is 29.5. The molecule has 1 aliphatic heterocycles. The van der Waals surface area contributed by atoms with Crippen molar-refractivity contribution in [3.63, 3.8) is 0 Å². The second-order valence-electron chi connectivity index (χ2n) is 7.76. The average molecular weight is 475 g/mol. The van der Waals surface area contributed by atoms with Crippen molar-refractivity contribution in [2.24, 2.45) is 0 Å². The lowest BCUT2D eigenvalue weighted by Crippen LogP contribution is -2.35. The first-order valence-electron chi connectivity index (χ1n) is 10.2. The smallest absolute Gasteiger partial charge is 0.295 e. The molecule has 0 aromatic heterocycles. The van der Waals surface area contributed by atoms with Crippen LogP contribution in [-0.2, 0) is 9.59 Å². The van der Waals surface area contributed by atoms with Gasteiger partial charge < -0.3 is 29.1 Å². The molecule has 1 amide bonds. The molecule has 1 aliphatic rings. The molecule has 0 aliphatic carbocycles. The predicted octanol–water partition coefficient (Wildman–Crippen LogP) is 3.35. The quantitative estimate of drug-likeness (QED) is 0.356. The Balaban J connectivity index is 2.19. The molecular weight excluding hydrogens is 448 g/mol. The zero-order valence-corrected chi connectivity index (χ0v) is 20.0. The Bertz CT molecular complexity index is 1100. The summed E-state index contributed by atoms with van der Waals surface area (Å²) in [6.45, 7) is 0.821. The van der Waals surface area contributed by atoms with Crippen LogP contribution in [0.4, 0.5) is 0 Å². The van der Waals surface area contributed by atoms with Crippen molar-refractivity contribution in [1.29, 1.82) is 0 Å². The van der Waals surface area contributed by atoms with Gasteiger partial charge in [0.05, 0.1) is 38.0 Å². The number of likely N-dealkylation sites (tertiary alicyclic amines) is 1. The highest BCUT2D eigenvalue weighted by molar-refractivity contribution is 6.46. The molecule has 0 unspecified atom stereocenters. The summed E-state index contributed by atoms with van der Waals surface area (Å²) < 4.78 is 15.9. The van der Waals surface area contributed by atoms with Gasteiger partial charge >= 0.3 is 0 Å². The zero-order valence-electron chi connectivity index (χ0n) is 19.2. The van der Waals surface area contributed by atoms with Crippen LogP contribution < -0.4 is 14.2 Å². The number of amides is 1. The number of halogens is 1. The SMILES string of the molecule is COc1ccc(/C(O)=C2\C(=O)C(=O)N(CCN(C)C)[C@@H]2c2ccc(OC)c(OC)c2)cc1Cl. The van der Waals surface area contributed by atoms with E-state index in [2.05, 4.69) is 0 Å². The zero-order chi connectivity index (χ0) is 24.3. The summed E-state index contributed by atoms with van der Waals surface area (Å²) in [7, 11) is 8.26. The minimum absolute atomic E-state index is 0.0211. The Labute approximate surface area is 197 Å². The van der Waals surface area contributed by atoms with Crippen LogP contribution in [0.3, 0.4) is 0 Å². The number of carbonyl (C=O) groups excluding carboxylic acids is 2. The summed E-state index contributed by atoms with van der Waals surface area (Å²) in [5.74, 6) is -0.383. The van der Waals surface area contributed by atoms with Crippen molar-refractivity contribution < 1.29 is 28.9 Å². The number of likely N-dealkylation sites (N-methyl/N-ethyl adjacent to an activating group) is 1. The van der Waals surface area contributed by atoms with E-state index in [1.54, 1.807) is 30.3 Å². The van der Waals surface area contributed by atoms with E-state index in [0.717, 1.165) is 0 Å².